The summed E-state index contributed by atoms with van der Waals surface area (Å²) < 4.78 is 5.67. The minimum atomic E-state index is -0.474. The average Bonchev–Trinajstić information content (AvgIpc) is 2.88. The minimum absolute atomic E-state index is 0.00107. The quantitative estimate of drug-likeness (QED) is 0.657. The van der Waals surface area contributed by atoms with Gasteiger partial charge in [0, 0.05) is 49.8 Å². The zero-order valence-electron chi connectivity index (χ0n) is 21.1. The summed E-state index contributed by atoms with van der Waals surface area (Å²) in [6.45, 7) is 7.89. The van der Waals surface area contributed by atoms with Crippen LogP contribution in [0.4, 0.5) is 5.69 Å². The fraction of sp³-hybridized carbons (Fsp3) is 0.464. The van der Waals surface area contributed by atoms with Crippen molar-refractivity contribution < 1.29 is 19.1 Å². The lowest BCUT2D eigenvalue weighted by Gasteiger charge is -2.44. The van der Waals surface area contributed by atoms with Gasteiger partial charge in [-0.05, 0) is 31.5 Å². The van der Waals surface area contributed by atoms with Gasteiger partial charge in [0.05, 0.1) is 19.1 Å². The molecule has 2 fully saturated rings. The van der Waals surface area contributed by atoms with Gasteiger partial charge in [0.1, 0.15) is 5.75 Å². The van der Waals surface area contributed by atoms with Crippen LogP contribution in [0.5, 0.6) is 5.75 Å². The van der Waals surface area contributed by atoms with Crippen LogP contribution in [0.25, 0.3) is 0 Å². The van der Waals surface area contributed by atoms with E-state index in [1.807, 2.05) is 79.1 Å². The van der Waals surface area contributed by atoms with E-state index in [4.69, 9.17) is 4.74 Å². The minimum Gasteiger partial charge on any atom is -0.496 e. The lowest BCUT2D eigenvalue weighted by Crippen LogP contribution is -2.55. The molecule has 0 bridgehead atoms. The van der Waals surface area contributed by atoms with Gasteiger partial charge >= 0.3 is 0 Å². The molecule has 0 radical (unpaired) electrons. The second-order valence-corrected chi connectivity index (χ2v) is 9.74. The summed E-state index contributed by atoms with van der Waals surface area (Å²) in [4.78, 5) is 45.1. The summed E-state index contributed by atoms with van der Waals surface area (Å²) in [5.41, 5.74) is 2.71. The zero-order chi connectivity index (χ0) is 25.1. The molecule has 186 valence electrons. The number of piperidine rings is 1. The standard InChI is InChI=1S/C28H35N3O4/c1-19(2)27(33)29-15-17-30(18-16-29)28(34)23-13-14-25(32)31(21-11-9-20(3)10-12-21)26(23)22-7-5-6-8-24(22)35-4/h5-12,19,23,26H,13-18H2,1-4H3. The number of ether oxygens (including phenoxy) is 1. The Kier molecular flexibility index (Phi) is 7.43. The highest BCUT2D eigenvalue weighted by Gasteiger charge is 2.44. The van der Waals surface area contributed by atoms with Crippen molar-refractivity contribution in [1.29, 1.82) is 0 Å². The van der Waals surface area contributed by atoms with E-state index in [0.29, 0.717) is 44.8 Å². The fourth-order valence-electron chi connectivity index (χ4n) is 5.17. The Bertz CT molecular complexity index is 1070. The van der Waals surface area contributed by atoms with Crippen LogP contribution >= 0.6 is 0 Å². The van der Waals surface area contributed by atoms with E-state index >= 15 is 0 Å². The van der Waals surface area contributed by atoms with Crippen LogP contribution in [0.3, 0.4) is 0 Å². The van der Waals surface area contributed by atoms with Gasteiger partial charge in [0.25, 0.3) is 0 Å². The first-order valence-corrected chi connectivity index (χ1v) is 12.4. The maximum Gasteiger partial charge on any atom is 0.228 e. The van der Waals surface area contributed by atoms with Crippen molar-refractivity contribution in [2.75, 3.05) is 38.2 Å². The van der Waals surface area contributed by atoms with E-state index in [1.54, 1.807) is 12.0 Å². The van der Waals surface area contributed by atoms with Crippen molar-refractivity contribution >= 4 is 23.4 Å². The van der Waals surface area contributed by atoms with Gasteiger partial charge < -0.3 is 19.4 Å². The van der Waals surface area contributed by atoms with Crippen LogP contribution in [0.1, 0.15) is 43.9 Å². The average molecular weight is 478 g/mol. The summed E-state index contributed by atoms with van der Waals surface area (Å²) in [6.07, 6.45) is 0.787. The molecule has 0 aliphatic carbocycles. The number of methoxy groups -OCH3 is 1. The number of benzene rings is 2. The van der Waals surface area contributed by atoms with Gasteiger partial charge in [0.15, 0.2) is 0 Å². The zero-order valence-corrected chi connectivity index (χ0v) is 21.1. The van der Waals surface area contributed by atoms with Crippen LogP contribution in [0.2, 0.25) is 0 Å². The molecule has 2 heterocycles. The number of amides is 3. The fourth-order valence-corrected chi connectivity index (χ4v) is 5.17. The molecule has 2 aromatic carbocycles. The summed E-state index contributed by atoms with van der Waals surface area (Å²) in [7, 11) is 1.61. The van der Waals surface area contributed by atoms with Crippen LogP contribution < -0.4 is 9.64 Å². The normalized spacial score (nSPS) is 20.8. The Morgan fingerprint density at radius 2 is 1.57 bits per heavy atom. The molecule has 2 aliphatic rings. The van der Waals surface area contributed by atoms with Crippen molar-refractivity contribution in [3.63, 3.8) is 0 Å². The van der Waals surface area contributed by atoms with Gasteiger partial charge in [-0.15, -0.1) is 0 Å². The Balaban J connectivity index is 1.67. The molecule has 2 unspecified atom stereocenters. The van der Waals surface area contributed by atoms with Gasteiger partial charge in [-0.1, -0.05) is 49.7 Å². The van der Waals surface area contributed by atoms with Gasteiger partial charge in [-0.25, -0.2) is 0 Å². The molecule has 0 spiro atoms. The topological polar surface area (TPSA) is 70.2 Å². The lowest BCUT2D eigenvalue weighted by atomic mass is 9.82. The van der Waals surface area contributed by atoms with Crippen molar-refractivity contribution in [2.24, 2.45) is 11.8 Å². The highest BCUT2D eigenvalue weighted by molar-refractivity contribution is 5.97. The van der Waals surface area contributed by atoms with Crippen LogP contribution in [0.15, 0.2) is 48.5 Å². The Hall–Kier alpha value is -3.35. The molecule has 2 aliphatic heterocycles. The van der Waals surface area contributed by atoms with E-state index in [2.05, 4.69) is 0 Å². The first kappa shape index (κ1) is 24.8. The second-order valence-electron chi connectivity index (χ2n) is 9.74. The second kappa shape index (κ2) is 10.5. The van der Waals surface area contributed by atoms with Crippen molar-refractivity contribution in [3.8, 4) is 5.75 Å². The molecule has 4 rings (SSSR count). The predicted molar refractivity (Wildman–Crippen MR) is 135 cm³/mol. The van der Waals surface area contributed by atoms with Gasteiger partial charge in [0.2, 0.25) is 17.7 Å². The molecule has 0 N–H and O–H groups in total. The van der Waals surface area contributed by atoms with E-state index in [0.717, 1.165) is 16.8 Å². The summed E-state index contributed by atoms with van der Waals surface area (Å²) in [5, 5.41) is 0. The molecule has 2 aromatic rings. The molecule has 0 aromatic heterocycles. The summed E-state index contributed by atoms with van der Waals surface area (Å²) >= 11 is 0. The maximum absolute atomic E-state index is 13.9. The monoisotopic (exact) mass is 477 g/mol. The van der Waals surface area contributed by atoms with Crippen LogP contribution in [0, 0.1) is 18.8 Å². The number of hydrogen-bond donors (Lipinski definition) is 0. The Labute approximate surface area is 207 Å². The molecule has 7 nitrogen and oxygen atoms in total. The molecule has 7 heteroatoms. The van der Waals surface area contributed by atoms with Crippen molar-refractivity contribution in [2.45, 2.75) is 39.7 Å². The number of anilines is 1. The lowest BCUT2D eigenvalue weighted by molar-refractivity contribution is -0.145. The highest BCUT2D eigenvalue weighted by atomic mass is 16.5. The first-order chi connectivity index (χ1) is 16.8. The summed E-state index contributed by atoms with van der Waals surface area (Å²) in [6, 6.07) is 15.0. The predicted octanol–water partition coefficient (Wildman–Crippen LogP) is 3.81. The SMILES string of the molecule is COc1ccccc1C1C(C(=O)N2CCN(C(=O)C(C)C)CC2)CCC(=O)N1c1ccc(C)cc1. The Morgan fingerprint density at radius 1 is 0.943 bits per heavy atom. The van der Waals surface area contributed by atoms with Crippen LogP contribution in [-0.2, 0) is 14.4 Å². The van der Waals surface area contributed by atoms with E-state index in [9.17, 15) is 14.4 Å². The third-order valence-electron chi connectivity index (χ3n) is 7.08. The number of piperazine rings is 1. The largest absolute Gasteiger partial charge is 0.496 e. The number of para-hydroxylation sites is 1. The molecular weight excluding hydrogens is 442 g/mol. The van der Waals surface area contributed by atoms with Crippen LogP contribution in [-0.4, -0.2) is 60.8 Å². The third kappa shape index (κ3) is 5.04. The summed E-state index contributed by atoms with van der Waals surface area (Å²) in [5.74, 6) is 0.354. The molecule has 2 saturated heterocycles. The molecular formula is C28H35N3O4. The van der Waals surface area contributed by atoms with Gasteiger partial charge in [-0.3, -0.25) is 14.4 Å². The molecule has 35 heavy (non-hydrogen) atoms. The third-order valence-corrected chi connectivity index (χ3v) is 7.08. The van der Waals surface area contributed by atoms with E-state index in [1.165, 1.54) is 0 Å². The van der Waals surface area contributed by atoms with Crippen molar-refractivity contribution in [1.82, 2.24) is 9.80 Å². The highest BCUT2D eigenvalue weighted by Crippen LogP contribution is 2.43. The number of hydrogen-bond acceptors (Lipinski definition) is 4. The van der Waals surface area contributed by atoms with E-state index in [-0.39, 0.29) is 23.6 Å². The number of carbonyl (C=O) groups excluding carboxylic acids is 3. The Morgan fingerprint density at radius 3 is 2.20 bits per heavy atom. The molecule has 2 atom stereocenters. The van der Waals surface area contributed by atoms with E-state index < -0.39 is 12.0 Å². The number of nitrogens with zero attached hydrogens (tertiary/aromatic N) is 3. The number of aryl methyl sites for hydroxylation is 1. The molecule has 3 amide bonds. The first-order valence-electron chi connectivity index (χ1n) is 12.4. The maximum atomic E-state index is 13.9. The van der Waals surface area contributed by atoms with Gasteiger partial charge in [-0.2, -0.15) is 0 Å². The number of carbonyl (C=O) groups is 3. The molecule has 0 saturated carbocycles. The number of rotatable bonds is 5. The van der Waals surface area contributed by atoms with Crippen molar-refractivity contribution in [3.05, 3.63) is 59.7 Å². The smallest absolute Gasteiger partial charge is 0.228 e.